The Bertz CT molecular complexity index is 273. The third-order valence-corrected chi connectivity index (χ3v) is 2.42. The quantitative estimate of drug-likeness (QED) is 0.743. The molecule has 2 nitrogen and oxygen atoms in total. The molecule has 0 aliphatic carbocycles. The first-order valence-electron chi connectivity index (χ1n) is 5.12. The lowest BCUT2D eigenvalue weighted by Gasteiger charge is -2.11. The van der Waals surface area contributed by atoms with Crippen molar-refractivity contribution in [2.24, 2.45) is 0 Å². The smallest absolute Gasteiger partial charge is 0.0581 e. The van der Waals surface area contributed by atoms with Crippen molar-refractivity contribution < 1.29 is 5.11 Å². The first kappa shape index (κ1) is 11.2. The minimum absolute atomic E-state index is 0.194. The molecule has 0 fully saturated rings. The van der Waals surface area contributed by atoms with E-state index in [0.29, 0.717) is 0 Å². The van der Waals surface area contributed by atoms with Gasteiger partial charge in [0, 0.05) is 6.04 Å². The summed E-state index contributed by atoms with van der Waals surface area (Å²) < 4.78 is 0. The van der Waals surface area contributed by atoms with E-state index in [4.69, 9.17) is 5.11 Å². The average Bonchev–Trinajstić information content (AvgIpc) is 2.20. The maximum Gasteiger partial charge on any atom is 0.0581 e. The molecular weight excluding hydrogens is 174 g/mol. The van der Waals surface area contributed by atoms with Gasteiger partial charge in [0.25, 0.3) is 0 Å². The highest BCUT2D eigenvalue weighted by atomic mass is 16.3. The number of benzene rings is 1. The Kier molecular flexibility index (Phi) is 4.63. The van der Waals surface area contributed by atoms with Gasteiger partial charge in [0.1, 0.15) is 0 Å². The number of hydrogen-bond donors (Lipinski definition) is 2. The first-order chi connectivity index (χ1) is 6.74. The summed E-state index contributed by atoms with van der Waals surface area (Å²) in [6, 6.07) is 8.60. The van der Waals surface area contributed by atoms with Crippen LogP contribution >= 0.6 is 0 Å². The minimum Gasteiger partial charge on any atom is -0.395 e. The van der Waals surface area contributed by atoms with Crippen molar-refractivity contribution in [3.8, 4) is 0 Å². The fourth-order valence-corrected chi connectivity index (χ4v) is 1.41. The SMILES string of the molecule is Cc1ccccc1CCNC(C)CO. The van der Waals surface area contributed by atoms with Crippen LogP contribution in [0.3, 0.4) is 0 Å². The van der Waals surface area contributed by atoms with Crippen LogP contribution in [0.5, 0.6) is 0 Å². The van der Waals surface area contributed by atoms with Gasteiger partial charge in [0.2, 0.25) is 0 Å². The van der Waals surface area contributed by atoms with Crippen molar-refractivity contribution >= 4 is 0 Å². The highest BCUT2D eigenvalue weighted by Gasteiger charge is 1.99. The van der Waals surface area contributed by atoms with E-state index in [-0.39, 0.29) is 12.6 Å². The Hall–Kier alpha value is -0.860. The Labute approximate surface area is 86.0 Å². The fourth-order valence-electron chi connectivity index (χ4n) is 1.41. The summed E-state index contributed by atoms with van der Waals surface area (Å²) in [4.78, 5) is 0. The average molecular weight is 193 g/mol. The minimum atomic E-state index is 0.194. The number of aryl methyl sites for hydroxylation is 1. The molecule has 1 aromatic carbocycles. The van der Waals surface area contributed by atoms with Gasteiger partial charge in [-0.25, -0.2) is 0 Å². The van der Waals surface area contributed by atoms with Crippen LogP contribution in [0.15, 0.2) is 24.3 Å². The summed E-state index contributed by atoms with van der Waals surface area (Å²) in [7, 11) is 0. The Balaban J connectivity index is 2.35. The van der Waals surface area contributed by atoms with Crippen LogP contribution in [0.2, 0.25) is 0 Å². The van der Waals surface area contributed by atoms with E-state index in [0.717, 1.165) is 13.0 Å². The summed E-state index contributed by atoms with van der Waals surface area (Å²) in [6.07, 6.45) is 1.02. The number of aliphatic hydroxyl groups excluding tert-OH is 1. The zero-order valence-electron chi connectivity index (χ0n) is 8.96. The van der Waals surface area contributed by atoms with E-state index in [1.165, 1.54) is 11.1 Å². The lowest BCUT2D eigenvalue weighted by Crippen LogP contribution is -2.31. The molecule has 0 aliphatic rings. The second-order valence-electron chi connectivity index (χ2n) is 3.71. The number of hydrogen-bond acceptors (Lipinski definition) is 2. The molecule has 78 valence electrons. The molecule has 2 N–H and O–H groups in total. The van der Waals surface area contributed by atoms with E-state index in [1.54, 1.807) is 0 Å². The second-order valence-corrected chi connectivity index (χ2v) is 3.71. The highest BCUT2D eigenvalue weighted by molar-refractivity contribution is 5.25. The Morgan fingerprint density at radius 3 is 2.71 bits per heavy atom. The summed E-state index contributed by atoms with van der Waals surface area (Å²) in [5, 5.41) is 12.1. The van der Waals surface area contributed by atoms with Crippen molar-refractivity contribution in [2.75, 3.05) is 13.2 Å². The summed E-state index contributed by atoms with van der Waals surface area (Å²) in [6.45, 7) is 5.24. The van der Waals surface area contributed by atoms with Gasteiger partial charge in [-0.2, -0.15) is 0 Å². The standard InChI is InChI=1S/C12H19NO/c1-10-5-3-4-6-12(10)7-8-13-11(2)9-14/h3-6,11,13-14H,7-9H2,1-2H3. The van der Waals surface area contributed by atoms with Crippen LogP contribution in [0, 0.1) is 6.92 Å². The first-order valence-corrected chi connectivity index (χ1v) is 5.12. The number of rotatable bonds is 5. The molecule has 0 spiro atoms. The lowest BCUT2D eigenvalue weighted by atomic mass is 10.1. The largest absolute Gasteiger partial charge is 0.395 e. The molecule has 0 saturated heterocycles. The molecule has 2 heteroatoms. The predicted molar refractivity (Wildman–Crippen MR) is 59.4 cm³/mol. The van der Waals surface area contributed by atoms with Crippen molar-refractivity contribution in [2.45, 2.75) is 26.3 Å². The van der Waals surface area contributed by atoms with E-state index < -0.39 is 0 Å². The van der Waals surface area contributed by atoms with Crippen LogP contribution in [0.1, 0.15) is 18.1 Å². The van der Waals surface area contributed by atoms with Gasteiger partial charge in [-0.05, 0) is 37.9 Å². The molecular formula is C12H19NO. The zero-order valence-corrected chi connectivity index (χ0v) is 8.96. The van der Waals surface area contributed by atoms with E-state index in [1.807, 2.05) is 6.92 Å². The van der Waals surface area contributed by atoms with Crippen LogP contribution in [0.4, 0.5) is 0 Å². The molecule has 0 saturated carbocycles. The maximum atomic E-state index is 8.82. The third kappa shape index (κ3) is 3.48. The Morgan fingerprint density at radius 2 is 2.07 bits per heavy atom. The topological polar surface area (TPSA) is 32.3 Å². The molecule has 1 aromatic rings. The third-order valence-electron chi connectivity index (χ3n) is 2.42. The van der Waals surface area contributed by atoms with Gasteiger partial charge in [0.15, 0.2) is 0 Å². The molecule has 0 amide bonds. The molecule has 14 heavy (non-hydrogen) atoms. The van der Waals surface area contributed by atoms with Gasteiger partial charge in [-0.1, -0.05) is 24.3 Å². The second kappa shape index (κ2) is 5.78. The zero-order chi connectivity index (χ0) is 10.4. The highest BCUT2D eigenvalue weighted by Crippen LogP contribution is 2.06. The molecule has 1 rings (SSSR count). The van der Waals surface area contributed by atoms with Crippen LogP contribution in [-0.2, 0) is 6.42 Å². The molecule has 0 radical (unpaired) electrons. The van der Waals surface area contributed by atoms with Crippen molar-refractivity contribution in [1.82, 2.24) is 5.32 Å². The van der Waals surface area contributed by atoms with Crippen LogP contribution in [-0.4, -0.2) is 24.3 Å². The van der Waals surface area contributed by atoms with Crippen molar-refractivity contribution in [1.29, 1.82) is 0 Å². The maximum absolute atomic E-state index is 8.82. The summed E-state index contributed by atoms with van der Waals surface area (Å²) in [5.41, 5.74) is 2.72. The van der Waals surface area contributed by atoms with Crippen molar-refractivity contribution in [3.05, 3.63) is 35.4 Å². The van der Waals surface area contributed by atoms with Crippen molar-refractivity contribution in [3.63, 3.8) is 0 Å². The molecule has 0 aromatic heterocycles. The van der Waals surface area contributed by atoms with Gasteiger partial charge >= 0.3 is 0 Å². The van der Waals surface area contributed by atoms with Gasteiger partial charge < -0.3 is 10.4 Å². The van der Waals surface area contributed by atoms with Crippen LogP contribution < -0.4 is 5.32 Å². The lowest BCUT2D eigenvalue weighted by molar-refractivity contribution is 0.252. The molecule has 0 heterocycles. The van der Waals surface area contributed by atoms with E-state index >= 15 is 0 Å². The fraction of sp³-hybridized carbons (Fsp3) is 0.500. The molecule has 0 aliphatic heterocycles. The predicted octanol–water partition coefficient (Wildman–Crippen LogP) is 1.51. The normalized spacial score (nSPS) is 12.8. The Morgan fingerprint density at radius 1 is 1.36 bits per heavy atom. The van der Waals surface area contributed by atoms with E-state index in [9.17, 15) is 0 Å². The van der Waals surface area contributed by atoms with Gasteiger partial charge in [0.05, 0.1) is 6.61 Å². The molecule has 1 unspecified atom stereocenters. The number of aliphatic hydroxyl groups is 1. The van der Waals surface area contributed by atoms with Gasteiger partial charge in [-0.3, -0.25) is 0 Å². The van der Waals surface area contributed by atoms with Crippen LogP contribution in [0.25, 0.3) is 0 Å². The summed E-state index contributed by atoms with van der Waals surface area (Å²) >= 11 is 0. The van der Waals surface area contributed by atoms with E-state index in [2.05, 4.69) is 36.5 Å². The number of nitrogens with one attached hydrogen (secondary N) is 1. The summed E-state index contributed by atoms with van der Waals surface area (Å²) in [5.74, 6) is 0. The monoisotopic (exact) mass is 193 g/mol. The van der Waals surface area contributed by atoms with Gasteiger partial charge in [-0.15, -0.1) is 0 Å². The molecule has 0 bridgehead atoms. The molecule has 1 atom stereocenters.